The maximum Gasteiger partial charge on any atom is 0.212 e. The molecular weight excluding hydrogens is 360 g/mol. The maximum atomic E-state index is 4.82. The van der Waals surface area contributed by atoms with Gasteiger partial charge >= 0.3 is 0 Å². The van der Waals surface area contributed by atoms with Gasteiger partial charge < -0.3 is 12.4 Å². The first-order valence-corrected chi connectivity index (χ1v) is 9.19. The number of fused-ring (bicyclic) bond motifs is 4. The van der Waals surface area contributed by atoms with Gasteiger partial charge in [-0.25, -0.2) is 9.55 Å². The van der Waals surface area contributed by atoms with Gasteiger partial charge in [0, 0.05) is 22.4 Å². The first-order chi connectivity index (χ1) is 12.2. The smallest absolute Gasteiger partial charge is 0.212 e. The third kappa shape index (κ3) is 2.64. The SMILES string of the molecule is Cc1ccc2c(c1)c[n+](C)c1ccc(-c3nc4ccccc4s3)cc21.[Cl-]. The summed E-state index contributed by atoms with van der Waals surface area (Å²) in [7, 11) is 2.11. The number of halogens is 1. The molecule has 0 N–H and O–H groups in total. The molecule has 0 aliphatic rings. The molecule has 0 aliphatic carbocycles. The summed E-state index contributed by atoms with van der Waals surface area (Å²) in [4.78, 5) is 4.82. The Kier molecular flexibility index (Phi) is 4.14. The van der Waals surface area contributed by atoms with E-state index in [9.17, 15) is 0 Å². The lowest BCUT2D eigenvalue weighted by Gasteiger charge is -2.05. The summed E-state index contributed by atoms with van der Waals surface area (Å²) in [6, 6.07) is 21.7. The van der Waals surface area contributed by atoms with Crippen molar-refractivity contribution in [3.05, 3.63) is 72.4 Å². The van der Waals surface area contributed by atoms with Crippen LogP contribution in [0, 0.1) is 6.92 Å². The van der Waals surface area contributed by atoms with Crippen LogP contribution >= 0.6 is 11.3 Å². The standard InChI is InChI=1S/C22H17N2S.ClH/c1-14-7-9-17-16(11-14)13-24(2)20-10-8-15(12-18(17)20)22-23-19-5-3-4-6-21(19)25-22;/h3-13H,1-2H3;1H/q+1;/p-1. The van der Waals surface area contributed by atoms with Gasteiger partial charge in [-0.1, -0.05) is 29.8 Å². The van der Waals surface area contributed by atoms with Gasteiger partial charge in [0.1, 0.15) is 12.1 Å². The van der Waals surface area contributed by atoms with Crippen LogP contribution in [0.1, 0.15) is 5.56 Å². The van der Waals surface area contributed by atoms with E-state index in [1.54, 1.807) is 11.3 Å². The van der Waals surface area contributed by atoms with Crippen LogP contribution in [-0.4, -0.2) is 4.98 Å². The largest absolute Gasteiger partial charge is 1.00 e. The van der Waals surface area contributed by atoms with Crippen LogP contribution in [0.4, 0.5) is 0 Å². The van der Waals surface area contributed by atoms with Gasteiger partial charge in [-0.2, -0.15) is 0 Å². The van der Waals surface area contributed by atoms with Crippen LogP contribution in [0.15, 0.2) is 66.9 Å². The van der Waals surface area contributed by atoms with Crippen molar-refractivity contribution in [3.8, 4) is 10.6 Å². The minimum Gasteiger partial charge on any atom is -1.00 e. The molecule has 2 nitrogen and oxygen atoms in total. The highest BCUT2D eigenvalue weighted by atomic mass is 35.5. The first kappa shape index (κ1) is 17.0. The predicted molar refractivity (Wildman–Crippen MR) is 106 cm³/mol. The Labute approximate surface area is 162 Å². The molecule has 0 unspecified atom stereocenters. The third-order valence-corrected chi connectivity index (χ3v) is 5.83. The van der Waals surface area contributed by atoms with Crippen molar-refractivity contribution in [1.29, 1.82) is 0 Å². The number of aryl methyl sites for hydroxylation is 2. The number of hydrogen-bond donors (Lipinski definition) is 0. The number of pyridine rings is 1. The molecule has 0 saturated heterocycles. The Balaban J connectivity index is 0.00000168. The molecular formula is C22H17ClN2S. The van der Waals surface area contributed by atoms with Crippen molar-refractivity contribution < 1.29 is 17.0 Å². The van der Waals surface area contributed by atoms with E-state index in [1.165, 1.54) is 37.5 Å². The molecule has 0 atom stereocenters. The minimum absolute atomic E-state index is 0. The normalized spacial score (nSPS) is 11.2. The Hall–Kier alpha value is -2.49. The molecule has 0 fully saturated rings. The highest BCUT2D eigenvalue weighted by molar-refractivity contribution is 7.21. The summed E-state index contributed by atoms with van der Waals surface area (Å²) in [6.45, 7) is 2.14. The zero-order chi connectivity index (χ0) is 17.0. The number of para-hydroxylation sites is 1. The Morgan fingerprint density at radius 2 is 1.77 bits per heavy atom. The van der Waals surface area contributed by atoms with E-state index < -0.39 is 0 Å². The summed E-state index contributed by atoms with van der Waals surface area (Å²) in [5.74, 6) is 0. The fourth-order valence-corrected chi connectivity index (χ4v) is 4.46. The number of benzene rings is 3. The molecule has 0 saturated carbocycles. The van der Waals surface area contributed by atoms with Crippen molar-refractivity contribution in [2.75, 3.05) is 0 Å². The summed E-state index contributed by atoms with van der Waals surface area (Å²) in [5, 5.41) is 4.92. The zero-order valence-electron chi connectivity index (χ0n) is 14.5. The molecule has 0 bridgehead atoms. The lowest BCUT2D eigenvalue weighted by Crippen LogP contribution is -3.00. The summed E-state index contributed by atoms with van der Waals surface area (Å²) >= 11 is 1.75. The fourth-order valence-electron chi connectivity index (χ4n) is 3.50. The molecule has 5 rings (SSSR count). The van der Waals surface area contributed by atoms with E-state index in [2.05, 4.69) is 79.3 Å². The molecule has 2 aromatic heterocycles. The highest BCUT2D eigenvalue weighted by Crippen LogP contribution is 2.33. The van der Waals surface area contributed by atoms with E-state index in [0.29, 0.717) is 0 Å². The average Bonchev–Trinajstić information content (AvgIpc) is 3.05. The van der Waals surface area contributed by atoms with Gasteiger partial charge in [0.25, 0.3) is 0 Å². The third-order valence-electron chi connectivity index (χ3n) is 4.75. The summed E-state index contributed by atoms with van der Waals surface area (Å²) < 4.78 is 3.44. The second-order valence-corrected chi connectivity index (χ2v) is 7.58. The molecule has 0 radical (unpaired) electrons. The van der Waals surface area contributed by atoms with Gasteiger partial charge in [0.2, 0.25) is 5.52 Å². The van der Waals surface area contributed by atoms with Gasteiger partial charge in [0.05, 0.1) is 15.6 Å². The summed E-state index contributed by atoms with van der Waals surface area (Å²) in [6.07, 6.45) is 2.21. The molecule has 5 aromatic rings. The minimum atomic E-state index is 0. The van der Waals surface area contributed by atoms with Crippen molar-refractivity contribution >= 4 is 43.2 Å². The maximum absolute atomic E-state index is 4.82. The molecule has 3 aromatic carbocycles. The van der Waals surface area contributed by atoms with Gasteiger partial charge in [-0.05, 0) is 37.3 Å². The van der Waals surface area contributed by atoms with E-state index in [0.717, 1.165) is 10.5 Å². The second kappa shape index (κ2) is 6.35. The number of aromatic nitrogens is 2. The van der Waals surface area contributed by atoms with Crippen LogP contribution in [0.2, 0.25) is 0 Å². The molecule has 128 valence electrons. The van der Waals surface area contributed by atoms with Crippen molar-refractivity contribution in [1.82, 2.24) is 4.98 Å². The molecule has 4 heteroatoms. The molecule has 0 spiro atoms. The van der Waals surface area contributed by atoms with Gasteiger partial charge in [-0.3, -0.25) is 0 Å². The topological polar surface area (TPSA) is 16.8 Å². The van der Waals surface area contributed by atoms with Crippen molar-refractivity contribution in [3.63, 3.8) is 0 Å². The van der Waals surface area contributed by atoms with E-state index >= 15 is 0 Å². The van der Waals surface area contributed by atoms with Crippen LogP contribution in [0.5, 0.6) is 0 Å². The number of hydrogen-bond acceptors (Lipinski definition) is 2. The molecule has 26 heavy (non-hydrogen) atoms. The van der Waals surface area contributed by atoms with Crippen LogP contribution in [0.3, 0.4) is 0 Å². The van der Waals surface area contributed by atoms with Crippen molar-refractivity contribution in [2.45, 2.75) is 6.92 Å². The number of thiazole rings is 1. The quantitative estimate of drug-likeness (QED) is 0.324. The lowest BCUT2D eigenvalue weighted by molar-refractivity contribution is -0.643. The zero-order valence-corrected chi connectivity index (χ0v) is 16.1. The highest BCUT2D eigenvalue weighted by Gasteiger charge is 2.13. The van der Waals surface area contributed by atoms with Crippen molar-refractivity contribution in [2.24, 2.45) is 7.05 Å². The monoisotopic (exact) mass is 376 g/mol. The fraction of sp³-hybridized carbons (Fsp3) is 0.0909. The second-order valence-electron chi connectivity index (χ2n) is 6.55. The van der Waals surface area contributed by atoms with E-state index in [4.69, 9.17) is 4.98 Å². The van der Waals surface area contributed by atoms with E-state index in [1.807, 2.05) is 6.07 Å². The molecule has 0 amide bonds. The molecule has 0 aliphatic heterocycles. The van der Waals surface area contributed by atoms with Gasteiger partial charge in [0.15, 0.2) is 6.20 Å². The Morgan fingerprint density at radius 3 is 2.62 bits per heavy atom. The number of rotatable bonds is 1. The molecule has 2 heterocycles. The van der Waals surface area contributed by atoms with Crippen LogP contribution in [0.25, 0.3) is 42.5 Å². The van der Waals surface area contributed by atoms with Crippen LogP contribution < -0.4 is 17.0 Å². The Bertz CT molecular complexity index is 1240. The average molecular weight is 377 g/mol. The van der Waals surface area contributed by atoms with E-state index in [-0.39, 0.29) is 12.4 Å². The van der Waals surface area contributed by atoms with Crippen LogP contribution in [-0.2, 0) is 7.05 Å². The number of nitrogens with zero attached hydrogens (tertiary/aromatic N) is 2. The first-order valence-electron chi connectivity index (χ1n) is 8.38. The van der Waals surface area contributed by atoms with Gasteiger partial charge in [-0.15, -0.1) is 11.3 Å². The Morgan fingerprint density at radius 1 is 0.923 bits per heavy atom. The predicted octanol–water partition coefficient (Wildman–Crippen LogP) is 2.41. The summed E-state index contributed by atoms with van der Waals surface area (Å²) in [5.41, 5.74) is 4.78. The lowest BCUT2D eigenvalue weighted by atomic mass is 10.0.